The average Bonchev–Trinajstić information content (AvgIpc) is 3.43. The van der Waals surface area contributed by atoms with Gasteiger partial charge in [-0.15, -0.1) is 0 Å². The predicted octanol–water partition coefficient (Wildman–Crippen LogP) is 7.35. The van der Waals surface area contributed by atoms with Gasteiger partial charge in [-0.3, -0.25) is 4.79 Å². The van der Waals surface area contributed by atoms with E-state index in [2.05, 4.69) is 23.3 Å². The second-order valence-electron chi connectivity index (χ2n) is 9.08. The van der Waals surface area contributed by atoms with E-state index in [4.69, 9.17) is 33.0 Å². The second kappa shape index (κ2) is 13.9. The summed E-state index contributed by atoms with van der Waals surface area (Å²) < 4.78 is 5.08. The van der Waals surface area contributed by atoms with Crippen molar-refractivity contribution in [1.82, 2.24) is 10.3 Å². The molecule has 0 fully saturated rings. The van der Waals surface area contributed by atoms with E-state index in [0.29, 0.717) is 17.5 Å². The number of hydrogen-bond donors (Lipinski definition) is 2. The maximum atomic E-state index is 10.7. The zero-order valence-corrected chi connectivity index (χ0v) is 21.5. The van der Waals surface area contributed by atoms with Crippen molar-refractivity contribution in [3.05, 3.63) is 57.2 Å². The molecule has 0 spiro atoms. The van der Waals surface area contributed by atoms with Crippen molar-refractivity contribution in [1.29, 1.82) is 0 Å². The van der Waals surface area contributed by atoms with Gasteiger partial charge >= 0.3 is 5.97 Å². The standard InChI is InChI=1S/C19H29Cl2N.C8H7NO3/c1-2-3-4-5-6-7-8-9-12-22-18-11-10-15-13-16(20)14-17(21)19(15)18;10-8(11)6-4-12-7-5(6)2-1-3-9-7/h13-14,18,22H,2-12H2,1H3;1-3,6H,4H2,(H,10,11). The first-order valence-corrected chi connectivity index (χ1v) is 13.3. The van der Waals surface area contributed by atoms with Crippen LogP contribution in [0.1, 0.15) is 93.4 Å². The third-order valence-corrected chi connectivity index (χ3v) is 7.04. The first kappa shape index (κ1) is 26.8. The number of aromatic nitrogens is 1. The fraction of sp³-hybridized carbons (Fsp3) is 0.556. The number of aliphatic carboxylic acids is 1. The smallest absolute Gasteiger partial charge is 0.314 e. The van der Waals surface area contributed by atoms with Gasteiger partial charge in [0.25, 0.3) is 0 Å². The van der Waals surface area contributed by atoms with Crippen LogP contribution in [0.5, 0.6) is 5.88 Å². The molecule has 0 radical (unpaired) electrons. The average molecular weight is 508 g/mol. The molecule has 0 amide bonds. The van der Waals surface area contributed by atoms with E-state index < -0.39 is 11.9 Å². The Labute approximate surface area is 213 Å². The van der Waals surface area contributed by atoms with Crippen molar-refractivity contribution < 1.29 is 14.6 Å². The van der Waals surface area contributed by atoms with E-state index in [-0.39, 0.29) is 6.61 Å². The lowest BCUT2D eigenvalue weighted by molar-refractivity contribution is -0.138. The number of fused-ring (bicyclic) bond motifs is 2. The minimum Gasteiger partial charge on any atom is -0.481 e. The summed E-state index contributed by atoms with van der Waals surface area (Å²) in [4.78, 5) is 14.6. The van der Waals surface area contributed by atoms with Gasteiger partial charge in [0.05, 0.1) is 0 Å². The Balaban J connectivity index is 0.000000226. The number of unbranched alkanes of at least 4 members (excludes halogenated alkanes) is 7. The minimum atomic E-state index is -0.859. The van der Waals surface area contributed by atoms with Gasteiger partial charge in [-0.2, -0.15) is 0 Å². The van der Waals surface area contributed by atoms with Crippen LogP contribution in [0.2, 0.25) is 10.0 Å². The number of nitrogens with one attached hydrogen (secondary N) is 1. The Kier molecular flexibility index (Phi) is 11.0. The summed E-state index contributed by atoms with van der Waals surface area (Å²) >= 11 is 12.4. The molecule has 1 aliphatic carbocycles. The molecule has 186 valence electrons. The molecule has 0 saturated heterocycles. The van der Waals surface area contributed by atoms with Crippen LogP contribution in [-0.4, -0.2) is 29.2 Å². The van der Waals surface area contributed by atoms with Crippen molar-refractivity contribution in [3.63, 3.8) is 0 Å². The molecular weight excluding hydrogens is 471 g/mol. The van der Waals surface area contributed by atoms with Crippen molar-refractivity contribution in [2.45, 2.75) is 83.1 Å². The van der Waals surface area contributed by atoms with Gasteiger partial charge in [0.2, 0.25) is 5.88 Å². The van der Waals surface area contributed by atoms with Crippen LogP contribution < -0.4 is 10.1 Å². The second-order valence-corrected chi connectivity index (χ2v) is 9.92. The minimum absolute atomic E-state index is 0.196. The molecule has 5 nitrogen and oxygen atoms in total. The molecule has 7 heteroatoms. The zero-order valence-electron chi connectivity index (χ0n) is 20.0. The topological polar surface area (TPSA) is 71.5 Å². The van der Waals surface area contributed by atoms with Gasteiger partial charge in [0, 0.05) is 27.8 Å². The molecule has 2 unspecified atom stereocenters. The molecule has 0 bridgehead atoms. The highest BCUT2D eigenvalue weighted by Gasteiger charge is 2.30. The molecule has 0 saturated carbocycles. The maximum Gasteiger partial charge on any atom is 0.314 e. The van der Waals surface area contributed by atoms with Gasteiger partial charge in [0.1, 0.15) is 12.5 Å². The Morgan fingerprint density at radius 2 is 1.88 bits per heavy atom. The van der Waals surface area contributed by atoms with E-state index in [1.165, 1.54) is 62.5 Å². The third-order valence-electron chi connectivity index (χ3n) is 6.51. The normalized spacial score (nSPS) is 18.0. The van der Waals surface area contributed by atoms with E-state index in [1.807, 2.05) is 6.07 Å². The number of carboxylic acid groups (broad SMARTS) is 1. The van der Waals surface area contributed by atoms with Gasteiger partial charge in [-0.1, -0.05) is 81.1 Å². The first-order valence-electron chi connectivity index (χ1n) is 12.5. The molecule has 34 heavy (non-hydrogen) atoms. The fourth-order valence-corrected chi connectivity index (χ4v) is 5.33. The molecule has 2 aromatic rings. The summed E-state index contributed by atoms with van der Waals surface area (Å²) in [7, 11) is 0. The Morgan fingerprint density at radius 3 is 2.62 bits per heavy atom. The summed E-state index contributed by atoms with van der Waals surface area (Å²) in [6.45, 7) is 3.56. The Bertz CT molecular complexity index is 938. The van der Waals surface area contributed by atoms with Crippen LogP contribution in [0.15, 0.2) is 30.5 Å². The molecule has 2 atom stereocenters. The molecule has 1 aliphatic heterocycles. The van der Waals surface area contributed by atoms with Crippen LogP contribution in [0, 0.1) is 0 Å². The van der Waals surface area contributed by atoms with Crippen molar-refractivity contribution >= 4 is 29.2 Å². The van der Waals surface area contributed by atoms with Crippen molar-refractivity contribution in [3.8, 4) is 5.88 Å². The molecule has 1 aromatic carbocycles. The summed E-state index contributed by atoms with van der Waals surface area (Å²) in [6.07, 6.45) is 14.8. The van der Waals surface area contributed by atoms with E-state index in [0.717, 1.165) is 29.4 Å². The van der Waals surface area contributed by atoms with E-state index in [9.17, 15) is 4.79 Å². The highest BCUT2D eigenvalue weighted by molar-refractivity contribution is 6.35. The highest BCUT2D eigenvalue weighted by atomic mass is 35.5. The van der Waals surface area contributed by atoms with E-state index in [1.54, 1.807) is 18.3 Å². The first-order chi connectivity index (χ1) is 16.5. The number of benzene rings is 1. The SMILES string of the molecule is CCCCCCCCCCNC1CCc2cc(Cl)cc(Cl)c21.O=C(O)C1COc2ncccc21. The zero-order chi connectivity index (χ0) is 24.3. The summed E-state index contributed by atoms with van der Waals surface area (Å²) in [5.74, 6) is -0.958. The van der Waals surface area contributed by atoms with Gasteiger partial charge in [-0.25, -0.2) is 4.98 Å². The highest BCUT2D eigenvalue weighted by Crippen LogP contribution is 2.38. The van der Waals surface area contributed by atoms with Crippen LogP contribution in [0.3, 0.4) is 0 Å². The summed E-state index contributed by atoms with van der Waals surface area (Å²) in [5, 5.41) is 14.0. The predicted molar refractivity (Wildman–Crippen MR) is 138 cm³/mol. The van der Waals surface area contributed by atoms with Crippen molar-refractivity contribution in [2.24, 2.45) is 0 Å². The lowest BCUT2D eigenvalue weighted by Crippen LogP contribution is -2.20. The molecular formula is C27H36Cl2N2O3. The quantitative estimate of drug-likeness (QED) is 0.311. The number of aryl methyl sites for hydroxylation is 1. The van der Waals surface area contributed by atoms with Gasteiger partial charge < -0.3 is 15.2 Å². The van der Waals surface area contributed by atoms with Crippen LogP contribution in [-0.2, 0) is 11.2 Å². The van der Waals surface area contributed by atoms with Crippen LogP contribution in [0.25, 0.3) is 0 Å². The van der Waals surface area contributed by atoms with Crippen molar-refractivity contribution in [2.75, 3.05) is 13.2 Å². The lowest BCUT2D eigenvalue weighted by Gasteiger charge is -2.15. The van der Waals surface area contributed by atoms with E-state index >= 15 is 0 Å². The maximum absolute atomic E-state index is 10.7. The number of carbonyl (C=O) groups is 1. The van der Waals surface area contributed by atoms with Crippen LogP contribution >= 0.6 is 23.2 Å². The molecule has 2 N–H and O–H groups in total. The number of halogens is 2. The van der Waals surface area contributed by atoms with Gasteiger partial charge in [0.15, 0.2) is 0 Å². The Hall–Kier alpha value is -1.82. The van der Waals surface area contributed by atoms with Crippen LogP contribution in [0.4, 0.5) is 0 Å². The number of hydrogen-bond acceptors (Lipinski definition) is 4. The molecule has 4 rings (SSSR count). The van der Waals surface area contributed by atoms with Gasteiger partial charge in [-0.05, 0) is 55.1 Å². The summed E-state index contributed by atoms with van der Waals surface area (Å²) in [6, 6.07) is 7.81. The fourth-order valence-electron chi connectivity index (χ4n) is 4.66. The summed E-state index contributed by atoms with van der Waals surface area (Å²) in [5.41, 5.74) is 3.28. The molecule has 2 aliphatic rings. The molecule has 2 heterocycles. The Morgan fingerprint density at radius 1 is 1.15 bits per heavy atom. The largest absolute Gasteiger partial charge is 0.481 e. The number of nitrogens with zero attached hydrogens (tertiary/aromatic N) is 1. The lowest BCUT2D eigenvalue weighted by atomic mass is 10.0. The third kappa shape index (κ3) is 7.59. The molecule has 1 aromatic heterocycles. The monoisotopic (exact) mass is 506 g/mol. The number of ether oxygens (including phenoxy) is 1. The number of rotatable bonds is 11. The number of pyridine rings is 1. The number of carboxylic acids is 1.